The van der Waals surface area contributed by atoms with Gasteiger partial charge in [-0.25, -0.2) is 0 Å². The van der Waals surface area contributed by atoms with Gasteiger partial charge in [-0.15, -0.1) is 0 Å². The van der Waals surface area contributed by atoms with E-state index in [4.69, 9.17) is 0 Å². The molecule has 5 nitrogen and oxygen atoms in total. The van der Waals surface area contributed by atoms with Gasteiger partial charge in [-0.1, -0.05) is 19.8 Å². The van der Waals surface area contributed by atoms with Crippen molar-refractivity contribution in [1.29, 1.82) is 0 Å². The first-order valence-electron chi connectivity index (χ1n) is 8.49. The largest absolute Gasteiger partial charge is 0.316 e. The van der Waals surface area contributed by atoms with Crippen molar-refractivity contribution in [3.8, 4) is 0 Å². The SMILES string of the molecule is CCCNCC1CCN(S(=O)(=O)NC(C)CC2CC2)CC1. The Morgan fingerprint density at radius 3 is 2.38 bits per heavy atom. The molecule has 1 saturated carbocycles. The fourth-order valence-corrected chi connectivity index (χ4v) is 4.51. The normalized spacial score (nSPS) is 23.3. The van der Waals surface area contributed by atoms with E-state index in [0.717, 1.165) is 44.7 Å². The molecule has 2 N–H and O–H groups in total. The molecule has 1 atom stereocenters. The number of nitrogens with one attached hydrogen (secondary N) is 2. The summed E-state index contributed by atoms with van der Waals surface area (Å²) in [5.74, 6) is 1.37. The van der Waals surface area contributed by atoms with Gasteiger partial charge in [-0.3, -0.25) is 0 Å². The van der Waals surface area contributed by atoms with Gasteiger partial charge in [0, 0.05) is 19.1 Å². The number of piperidine rings is 1. The monoisotopic (exact) mass is 317 g/mol. The molecule has 0 aromatic heterocycles. The van der Waals surface area contributed by atoms with Gasteiger partial charge in [0.05, 0.1) is 0 Å². The molecule has 0 aromatic rings. The highest BCUT2D eigenvalue weighted by Crippen LogP contribution is 2.33. The van der Waals surface area contributed by atoms with Crippen molar-refractivity contribution in [1.82, 2.24) is 14.3 Å². The molecule has 124 valence electrons. The van der Waals surface area contributed by atoms with Crippen LogP contribution in [0.4, 0.5) is 0 Å². The second kappa shape index (κ2) is 7.90. The van der Waals surface area contributed by atoms with Gasteiger partial charge < -0.3 is 5.32 Å². The van der Waals surface area contributed by atoms with E-state index in [1.54, 1.807) is 4.31 Å². The maximum absolute atomic E-state index is 12.4. The molecule has 0 bridgehead atoms. The van der Waals surface area contributed by atoms with Crippen LogP contribution in [-0.2, 0) is 10.2 Å². The van der Waals surface area contributed by atoms with Crippen LogP contribution in [-0.4, -0.2) is 44.9 Å². The molecule has 1 aliphatic carbocycles. The third kappa shape index (κ3) is 5.85. The quantitative estimate of drug-likeness (QED) is 0.637. The van der Waals surface area contributed by atoms with Crippen LogP contribution in [0, 0.1) is 11.8 Å². The van der Waals surface area contributed by atoms with Crippen LogP contribution in [0.2, 0.25) is 0 Å². The smallest absolute Gasteiger partial charge is 0.279 e. The van der Waals surface area contributed by atoms with E-state index in [0.29, 0.717) is 19.0 Å². The van der Waals surface area contributed by atoms with E-state index in [9.17, 15) is 8.42 Å². The first-order valence-corrected chi connectivity index (χ1v) is 9.93. The lowest BCUT2D eigenvalue weighted by molar-refractivity contribution is 0.264. The van der Waals surface area contributed by atoms with E-state index >= 15 is 0 Å². The average Bonchev–Trinajstić information content (AvgIpc) is 3.23. The Balaban J connectivity index is 1.71. The minimum absolute atomic E-state index is 0.0615. The van der Waals surface area contributed by atoms with E-state index in [2.05, 4.69) is 17.0 Å². The summed E-state index contributed by atoms with van der Waals surface area (Å²) in [4.78, 5) is 0. The number of hydrogen-bond donors (Lipinski definition) is 2. The topological polar surface area (TPSA) is 61.4 Å². The first kappa shape index (κ1) is 17.2. The van der Waals surface area contributed by atoms with E-state index in [1.165, 1.54) is 12.8 Å². The van der Waals surface area contributed by atoms with Gasteiger partial charge in [0.2, 0.25) is 0 Å². The van der Waals surface area contributed by atoms with Crippen LogP contribution in [0.3, 0.4) is 0 Å². The third-order valence-electron chi connectivity index (χ3n) is 4.51. The summed E-state index contributed by atoms with van der Waals surface area (Å²) < 4.78 is 29.2. The van der Waals surface area contributed by atoms with Gasteiger partial charge in [-0.05, 0) is 57.5 Å². The molecule has 2 fully saturated rings. The Bertz CT molecular complexity index is 401. The fourth-order valence-electron chi connectivity index (χ4n) is 3.07. The third-order valence-corrected chi connectivity index (χ3v) is 6.25. The van der Waals surface area contributed by atoms with Crippen molar-refractivity contribution < 1.29 is 8.42 Å². The number of rotatable bonds is 9. The molecule has 21 heavy (non-hydrogen) atoms. The molecule has 0 spiro atoms. The summed E-state index contributed by atoms with van der Waals surface area (Å²) in [5, 5.41) is 3.44. The Labute approximate surface area is 130 Å². The zero-order chi connectivity index (χ0) is 15.3. The molecule has 0 amide bonds. The van der Waals surface area contributed by atoms with E-state index in [-0.39, 0.29) is 6.04 Å². The van der Waals surface area contributed by atoms with Gasteiger partial charge in [0.1, 0.15) is 0 Å². The predicted molar refractivity (Wildman–Crippen MR) is 86.3 cm³/mol. The van der Waals surface area contributed by atoms with Gasteiger partial charge in [0.15, 0.2) is 0 Å². The molecule has 0 aromatic carbocycles. The molecule has 2 aliphatic rings. The summed E-state index contributed by atoms with van der Waals surface area (Å²) >= 11 is 0. The fraction of sp³-hybridized carbons (Fsp3) is 1.00. The maximum Gasteiger partial charge on any atom is 0.279 e. The zero-order valence-electron chi connectivity index (χ0n) is 13.5. The van der Waals surface area contributed by atoms with Crippen LogP contribution in [0.5, 0.6) is 0 Å². The lowest BCUT2D eigenvalue weighted by Gasteiger charge is -2.32. The minimum atomic E-state index is -3.29. The van der Waals surface area contributed by atoms with E-state index in [1.807, 2.05) is 6.92 Å². The molecule has 1 aliphatic heterocycles. The van der Waals surface area contributed by atoms with Crippen molar-refractivity contribution in [2.45, 2.75) is 58.4 Å². The maximum atomic E-state index is 12.4. The summed E-state index contributed by atoms with van der Waals surface area (Å²) in [7, 11) is -3.29. The summed E-state index contributed by atoms with van der Waals surface area (Å²) in [6, 6.07) is 0.0615. The summed E-state index contributed by atoms with van der Waals surface area (Å²) in [6.45, 7) is 7.54. The molecule has 0 radical (unpaired) electrons. The van der Waals surface area contributed by atoms with Crippen LogP contribution in [0.25, 0.3) is 0 Å². The average molecular weight is 317 g/mol. The Kier molecular flexibility index (Phi) is 6.47. The molecular weight excluding hydrogens is 286 g/mol. The van der Waals surface area contributed by atoms with Crippen LogP contribution >= 0.6 is 0 Å². The molecular formula is C15H31N3O2S. The first-order chi connectivity index (χ1) is 10.0. The second-order valence-electron chi connectivity index (χ2n) is 6.75. The van der Waals surface area contributed by atoms with Crippen molar-refractivity contribution in [3.63, 3.8) is 0 Å². The zero-order valence-corrected chi connectivity index (χ0v) is 14.3. The van der Waals surface area contributed by atoms with E-state index < -0.39 is 10.2 Å². The standard InChI is InChI=1S/C15H31N3O2S/c1-3-8-16-12-15-6-9-18(10-7-15)21(19,20)17-13(2)11-14-4-5-14/h13-17H,3-12H2,1-2H3. The van der Waals surface area contributed by atoms with Crippen molar-refractivity contribution in [2.24, 2.45) is 11.8 Å². The summed E-state index contributed by atoms with van der Waals surface area (Å²) in [5.41, 5.74) is 0. The lowest BCUT2D eigenvalue weighted by atomic mass is 9.98. The highest BCUT2D eigenvalue weighted by atomic mass is 32.2. The molecule has 1 heterocycles. The van der Waals surface area contributed by atoms with Gasteiger partial charge in [-0.2, -0.15) is 17.4 Å². The van der Waals surface area contributed by atoms with Crippen molar-refractivity contribution >= 4 is 10.2 Å². The van der Waals surface area contributed by atoms with Crippen molar-refractivity contribution in [3.05, 3.63) is 0 Å². The van der Waals surface area contributed by atoms with Gasteiger partial charge >= 0.3 is 0 Å². The number of hydrogen-bond acceptors (Lipinski definition) is 3. The minimum Gasteiger partial charge on any atom is -0.316 e. The Morgan fingerprint density at radius 2 is 1.81 bits per heavy atom. The highest BCUT2D eigenvalue weighted by molar-refractivity contribution is 7.87. The van der Waals surface area contributed by atoms with Crippen LogP contribution in [0.1, 0.15) is 52.4 Å². The highest BCUT2D eigenvalue weighted by Gasteiger charge is 2.30. The van der Waals surface area contributed by atoms with Crippen LogP contribution in [0.15, 0.2) is 0 Å². The Hall–Kier alpha value is -0.170. The molecule has 1 saturated heterocycles. The Morgan fingerprint density at radius 1 is 1.14 bits per heavy atom. The van der Waals surface area contributed by atoms with Gasteiger partial charge in [0.25, 0.3) is 10.2 Å². The molecule has 6 heteroatoms. The lowest BCUT2D eigenvalue weighted by Crippen LogP contribution is -2.48. The summed E-state index contributed by atoms with van der Waals surface area (Å²) in [6.07, 6.45) is 6.60. The molecule has 2 rings (SSSR count). The van der Waals surface area contributed by atoms with Crippen molar-refractivity contribution in [2.75, 3.05) is 26.2 Å². The molecule has 1 unspecified atom stereocenters. The predicted octanol–water partition coefficient (Wildman–Crippen LogP) is 1.72. The number of nitrogens with zero attached hydrogens (tertiary/aromatic N) is 1. The second-order valence-corrected chi connectivity index (χ2v) is 8.45. The van der Waals surface area contributed by atoms with Crippen LogP contribution < -0.4 is 10.0 Å².